The van der Waals surface area contributed by atoms with Crippen LogP contribution in [0.1, 0.15) is 10.4 Å². The molecule has 0 saturated heterocycles. The molecule has 0 fully saturated rings. The maximum Gasteiger partial charge on any atom is 0.249 e. The Kier molecular flexibility index (Phi) is 3.38. The van der Waals surface area contributed by atoms with Crippen molar-refractivity contribution in [2.24, 2.45) is 5.73 Å². The van der Waals surface area contributed by atoms with Crippen molar-refractivity contribution in [3.63, 3.8) is 0 Å². The van der Waals surface area contributed by atoms with E-state index >= 15 is 0 Å². The maximum atomic E-state index is 10.9. The van der Waals surface area contributed by atoms with E-state index in [-0.39, 0.29) is 0 Å². The van der Waals surface area contributed by atoms with E-state index < -0.39 is 5.91 Å². The summed E-state index contributed by atoms with van der Waals surface area (Å²) in [5, 5.41) is 0.469. The Labute approximate surface area is 94.3 Å². The smallest absolute Gasteiger partial charge is 0.249 e. The van der Waals surface area contributed by atoms with E-state index in [1.54, 1.807) is 6.07 Å². The molecule has 1 aromatic rings. The predicted octanol–water partition coefficient (Wildman–Crippen LogP) is 2.05. The summed E-state index contributed by atoms with van der Waals surface area (Å²) in [5.41, 5.74) is 5.56. The highest BCUT2D eigenvalue weighted by molar-refractivity contribution is 14.1. The topological polar surface area (TPSA) is 52.3 Å². The summed E-state index contributed by atoms with van der Waals surface area (Å²) in [6, 6.07) is 3.17. The molecule has 0 aliphatic rings. The van der Waals surface area contributed by atoms with E-state index in [9.17, 15) is 4.79 Å². The van der Waals surface area contributed by atoms with Crippen LogP contribution in [0.2, 0.25) is 5.02 Å². The summed E-state index contributed by atoms with van der Waals surface area (Å²) >= 11 is 7.82. The van der Waals surface area contributed by atoms with Crippen molar-refractivity contribution < 1.29 is 9.53 Å². The molecule has 1 amide bonds. The zero-order chi connectivity index (χ0) is 10.0. The molecule has 0 unspecified atom stereocenters. The Bertz CT molecular complexity index is 354. The number of halogens is 2. The van der Waals surface area contributed by atoms with Crippen LogP contribution in [-0.2, 0) is 0 Å². The summed E-state index contributed by atoms with van der Waals surface area (Å²) in [6.45, 7) is 0. The number of hydrogen-bond donors (Lipinski definition) is 1. The molecule has 5 heteroatoms. The van der Waals surface area contributed by atoms with Crippen molar-refractivity contribution in [2.45, 2.75) is 0 Å². The highest BCUT2D eigenvalue weighted by Crippen LogP contribution is 2.28. The minimum atomic E-state index is -0.487. The molecule has 0 bridgehead atoms. The van der Waals surface area contributed by atoms with Crippen LogP contribution in [0.15, 0.2) is 12.1 Å². The van der Waals surface area contributed by atoms with Crippen LogP contribution < -0.4 is 10.5 Å². The van der Waals surface area contributed by atoms with Gasteiger partial charge in [0.25, 0.3) is 0 Å². The van der Waals surface area contributed by atoms with E-state index in [2.05, 4.69) is 0 Å². The number of primary amides is 1. The number of carbonyl (C=O) groups is 1. The fourth-order valence-electron chi connectivity index (χ4n) is 0.874. The van der Waals surface area contributed by atoms with Crippen LogP contribution in [0.5, 0.6) is 5.75 Å². The molecule has 0 radical (unpaired) electrons. The van der Waals surface area contributed by atoms with Crippen molar-refractivity contribution in [1.29, 1.82) is 0 Å². The van der Waals surface area contributed by atoms with Crippen LogP contribution in [0.4, 0.5) is 0 Å². The van der Waals surface area contributed by atoms with Gasteiger partial charge in [0, 0.05) is 3.57 Å². The SMILES string of the molecule is COc1cc(C(N)=O)c(I)cc1Cl. The molecule has 0 aliphatic heterocycles. The molecule has 0 aliphatic carbocycles. The van der Waals surface area contributed by atoms with Crippen molar-refractivity contribution in [3.8, 4) is 5.75 Å². The molecule has 70 valence electrons. The van der Waals surface area contributed by atoms with Gasteiger partial charge in [-0.2, -0.15) is 0 Å². The Hall–Kier alpha value is -0.490. The van der Waals surface area contributed by atoms with Gasteiger partial charge in [0.15, 0.2) is 0 Å². The molecule has 13 heavy (non-hydrogen) atoms. The molecule has 0 heterocycles. The number of methoxy groups -OCH3 is 1. The van der Waals surface area contributed by atoms with Gasteiger partial charge in [-0.05, 0) is 34.7 Å². The van der Waals surface area contributed by atoms with Crippen LogP contribution in [0, 0.1) is 3.57 Å². The van der Waals surface area contributed by atoms with Gasteiger partial charge in [-0.15, -0.1) is 0 Å². The predicted molar refractivity (Wildman–Crippen MR) is 59.2 cm³/mol. The van der Waals surface area contributed by atoms with Crippen molar-refractivity contribution in [3.05, 3.63) is 26.3 Å². The van der Waals surface area contributed by atoms with Gasteiger partial charge in [0.05, 0.1) is 17.7 Å². The van der Waals surface area contributed by atoms with Gasteiger partial charge in [-0.25, -0.2) is 0 Å². The summed E-state index contributed by atoms with van der Waals surface area (Å²) in [6.07, 6.45) is 0. The van der Waals surface area contributed by atoms with Gasteiger partial charge in [0.1, 0.15) is 5.75 Å². The minimum Gasteiger partial charge on any atom is -0.495 e. The van der Waals surface area contributed by atoms with Gasteiger partial charge in [0.2, 0.25) is 5.91 Å². The second-order valence-corrected chi connectivity index (χ2v) is 3.90. The first-order chi connectivity index (χ1) is 6.06. The molecule has 0 atom stereocenters. The summed E-state index contributed by atoms with van der Waals surface area (Å²) in [4.78, 5) is 10.9. The quantitative estimate of drug-likeness (QED) is 0.850. The number of rotatable bonds is 2. The molecule has 2 N–H and O–H groups in total. The zero-order valence-corrected chi connectivity index (χ0v) is 9.72. The Morgan fingerprint density at radius 2 is 2.23 bits per heavy atom. The summed E-state index contributed by atoms with van der Waals surface area (Å²) in [5.74, 6) is -0.0322. The van der Waals surface area contributed by atoms with Gasteiger partial charge >= 0.3 is 0 Å². The van der Waals surface area contributed by atoms with E-state index in [0.717, 1.165) is 3.57 Å². The van der Waals surface area contributed by atoms with Crippen LogP contribution in [-0.4, -0.2) is 13.0 Å². The largest absolute Gasteiger partial charge is 0.495 e. The molecule has 0 aromatic heterocycles. The zero-order valence-electron chi connectivity index (χ0n) is 6.80. The van der Waals surface area contributed by atoms with Crippen LogP contribution in [0.25, 0.3) is 0 Å². The lowest BCUT2D eigenvalue weighted by Gasteiger charge is -2.06. The first-order valence-electron chi connectivity index (χ1n) is 3.39. The molecule has 0 saturated carbocycles. The van der Waals surface area contributed by atoms with Crippen molar-refractivity contribution in [2.75, 3.05) is 7.11 Å². The normalized spacial score (nSPS) is 9.77. The molecule has 3 nitrogen and oxygen atoms in total. The standard InChI is InChI=1S/C8H7ClINO2/c1-13-7-2-4(8(11)12)6(10)3-5(7)9/h2-3H,1H3,(H2,11,12). The van der Waals surface area contributed by atoms with Crippen LogP contribution >= 0.6 is 34.2 Å². The lowest BCUT2D eigenvalue weighted by atomic mass is 10.2. The third-order valence-corrected chi connectivity index (χ3v) is 2.69. The van der Waals surface area contributed by atoms with Gasteiger partial charge in [-0.1, -0.05) is 11.6 Å². The van der Waals surface area contributed by atoms with Crippen molar-refractivity contribution >= 4 is 40.1 Å². The lowest BCUT2D eigenvalue weighted by Crippen LogP contribution is -2.12. The third-order valence-electron chi connectivity index (χ3n) is 1.51. The fourth-order valence-corrected chi connectivity index (χ4v) is 2.03. The maximum absolute atomic E-state index is 10.9. The minimum absolute atomic E-state index is 0.418. The monoisotopic (exact) mass is 311 g/mol. The fraction of sp³-hybridized carbons (Fsp3) is 0.125. The third kappa shape index (κ3) is 2.25. The van der Waals surface area contributed by atoms with Gasteiger partial charge < -0.3 is 10.5 Å². The Morgan fingerprint density at radius 1 is 1.62 bits per heavy atom. The lowest BCUT2D eigenvalue weighted by molar-refractivity contribution is 0.0999. The average Bonchev–Trinajstić information content (AvgIpc) is 2.03. The number of amides is 1. The second kappa shape index (κ2) is 4.15. The summed E-state index contributed by atoms with van der Waals surface area (Å²) < 4.78 is 5.67. The molecule has 1 aromatic carbocycles. The number of carbonyl (C=O) groups excluding carboxylic acids is 1. The highest BCUT2D eigenvalue weighted by Gasteiger charge is 2.10. The number of benzene rings is 1. The first-order valence-corrected chi connectivity index (χ1v) is 4.84. The number of nitrogens with two attached hydrogens (primary N) is 1. The van der Waals surface area contributed by atoms with E-state index in [1.807, 2.05) is 22.6 Å². The Morgan fingerprint density at radius 3 is 2.69 bits per heavy atom. The molecule has 1 rings (SSSR count). The Balaban J connectivity index is 3.30. The number of ether oxygens (including phenoxy) is 1. The second-order valence-electron chi connectivity index (χ2n) is 2.33. The average molecular weight is 312 g/mol. The summed E-state index contributed by atoms with van der Waals surface area (Å²) in [7, 11) is 1.48. The van der Waals surface area contributed by atoms with Crippen LogP contribution in [0.3, 0.4) is 0 Å². The van der Waals surface area contributed by atoms with E-state index in [4.69, 9.17) is 22.1 Å². The molecular formula is C8H7ClINO2. The highest BCUT2D eigenvalue weighted by atomic mass is 127. The van der Waals surface area contributed by atoms with E-state index in [0.29, 0.717) is 16.3 Å². The van der Waals surface area contributed by atoms with Crippen molar-refractivity contribution in [1.82, 2.24) is 0 Å². The molecular weight excluding hydrogens is 304 g/mol. The van der Waals surface area contributed by atoms with Gasteiger partial charge in [-0.3, -0.25) is 4.79 Å². The molecule has 0 spiro atoms. The first kappa shape index (κ1) is 10.6. The van der Waals surface area contributed by atoms with E-state index in [1.165, 1.54) is 13.2 Å². The number of hydrogen-bond acceptors (Lipinski definition) is 2.